The number of hydrogen-bond acceptors (Lipinski definition) is 4. The standard InChI is InChI=1S/C20H25N3OS/c1-13-5-4-6-15(11-13)18-17(22-19(25-18)14-8-9-14)20(24)23-10-3-2-7-16(23)12-21/h4-6,11,14,16H,2-3,7-10,12,21H2,1H3/t16-/m0/s1. The van der Waals surface area contributed by atoms with Gasteiger partial charge in [-0.15, -0.1) is 11.3 Å². The summed E-state index contributed by atoms with van der Waals surface area (Å²) >= 11 is 1.70. The van der Waals surface area contributed by atoms with E-state index < -0.39 is 0 Å². The summed E-state index contributed by atoms with van der Waals surface area (Å²) in [5.74, 6) is 0.622. The van der Waals surface area contributed by atoms with Crippen LogP contribution in [0, 0.1) is 6.92 Å². The summed E-state index contributed by atoms with van der Waals surface area (Å²) in [5.41, 5.74) is 8.88. The number of carbonyl (C=O) groups is 1. The summed E-state index contributed by atoms with van der Waals surface area (Å²) in [6.45, 7) is 3.41. The second kappa shape index (κ2) is 6.89. The monoisotopic (exact) mass is 355 g/mol. The van der Waals surface area contributed by atoms with Gasteiger partial charge in [-0.3, -0.25) is 4.79 Å². The van der Waals surface area contributed by atoms with Crippen LogP contribution in [0.25, 0.3) is 10.4 Å². The van der Waals surface area contributed by atoms with E-state index in [-0.39, 0.29) is 11.9 Å². The average Bonchev–Trinajstić information content (AvgIpc) is 3.39. The average molecular weight is 356 g/mol. The summed E-state index contributed by atoms with van der Waals surface area (Å²) in [6, 6.07) is 8.53. The van der Waals surface area contributed by atoms with Crippen molar-refractivity contribution in [3.8, 4) is 10.4 Å². The van der Waals surface area contributed by atoms with E-state index in [4.69, 9.17) is 10.7 Å². The van der Waals surface area contributed by atoms with Gasteiger partial charge in [0.15, 0.2) is 0 Å². The minimum Gasteiger partial charge on any atom is -0.333 e. The molecule has 4 rings (SSSR count). The van der Waals surface area contributed by atoms with E-state index >= 15 is 0 Å². The van der Waals surface area contributed by atoms with Crippen molar-refractivity contribution in [2.24, 2.45) is 5.73 Å². The molecule has 1 atom stereocenters. The quantitative estimate of drug-likeness (QED) is 0.903. The number of carbonyl (C=O) groups excluding carboxylic acids is 1. The SMILES string of the molecule is Cc1cccc(-c2sc(C3CC3)nc2C(=O)N2CCCC[C@H]2CN)c1. The molecule has 25 heavy (non-hydrogen) atoms. The largest absolute Gasteiger partial charge is 0.333 e. The molecule has 2 N–H and O–H groups in total. The highest BCUT2D eigenvalue weighted by atomic mass is 32.1. The fourth-order valence-electron chi connectivity index (χ4n) is 3.62. The van der Waals surface area contributed by atoms with Crippen LogP contribution in [0.2, 0.25) is 0 Å². The first-order chi connectivity index (χ1) is 12.2. The number of likely N-dealkylation sites (tertiary alicyclic amines) is 1. The van der Waals surface area contributed by atoms with Crippen molar-refractivity contribution < 1.29 is 4.79 Å². The van der Waals surface area contributed by atoms with Crippen molar-refractivity contribution in [3.05, 3.63) is 40.5 Å². The zero-order chi connectivity index (χ0) is 17.4. The van der Waals surface area contributed by atoms with Gasteiger partial charge in [0.1, 0.15) is 5.69 Å². The number of rotatable bonds is 4. The third kappa shape index (κ3) is 3.35. The minimum absolute atomic E-state index is 0.0646. The van der Waals surface area contributed by atoms with Gasteiger partial charge in [-0.05, 0) is 44.6 Å². The van der Waals surface area contributed by atoms with Crippen LogP contribution in [0.3, 0.4) is 0 Å². The van der Waals surface area contributed by atoms with Crippen molar-refractivity contribution in [2.45, 2.75) is 51.0 Å². The van der Waals surface area contributed by atoms with Gasteiger partial charge in [0, 0.05) is 25.0 Å². The number of thiazole rings is 1. The molecule has 5 heteroatoms. The molecule has 132 valence electrons. The Morgan fingerprint density at radius 3 is 2.88 bits per heavy atom. The maximum absolute atomic E-state index is 13.3. The lowest BCUT2D eigenvalue weighted by atomic mass is 10.0. The Labute approximate surface area is 153 Å². The van der Waals surface area contributed by atoms with Gasteiger partial charge < -0.3 is 10.6 Å². The van der Waals surface area contributed by atoms with Crippen LogP contribution in [0.5, 0.6) is 0 Å². The summed E-state index contributed by atoms with van der Waals surface area (Å²) in [4.78, 5) is 21.1. The highest BCUT2D eigenvalue weighted by Crippen LogP contribution is 2.45. The molecule has 2 fully saturated rings. The second-order valence-electron chi connectivity index (χ2n) is 7.26. The maximum Gasteiger partial charge on any atom is 0.274 e. The number of nitrogens with zero attached hydrogens (tertiary/aromatic N) is 2. The molecule has 2 aliphatic rings. The number of amides is 1. The predicted molar refractivity (Wildman–Crippen MR) is 102 cm³/mol. The first-order valence-electron chi connectivity index (χ1n) is 9.26. The van der Waals surface area contributed by atoms with Gasteiger partial charge in [-0.25, -0.2) is 4.98 Å². The van der Waals surface area contributed by atoms with Gasteiger partial charge in [0.2, 0.25) is 0 Å². The van der Waals surface area contributed by atoms with Crippen LogP contribution in [0.15, 0.2) is 24.3 Å². The van der Waals surface area contributed by atoms with Gasteiger partial charge in [-0.2, -0.15) is 0 Å². The van der Waals surface area contributed by atoms with Crippen molar-refractivity contribution >= 4 is 17.2 Å². The topological polar surface area (TPSA) is 59.2 Å². The van der Waals surface area contributed by atoms with Crippen LogP contribution in [-0.2, 0) is 0 Å². The first kappa shape index (κ1) is 16.7. The number of piperidine rings is 1. The van der Waals surface area contributed by atoms with Gasteiger partial charge in [0.05, 0.1) is 9.88 Å². The van der Waals surface area contributed by atoms with Crippen LogP contribution < -0.4 is 5.73 Å². The Morgan fingerprint density at radius 1 is 1.32 bits per heavy atom. The molecule has 2 heterocycles. The molecule has 1 saturated heterocycles. The third-order valence-electron chi connectivity index (χ3n) is 5.21. The van der Waals surface area contributed by atoms with Crippen LogP contribution in [0.1, 0.15) is 59.1 Å². The van der Waals surface area contributed by atoms with Crippen LogP contribution in [-0.4, -0.2) is 34.9 Å². The third-order valence-corrected chi connectivity index (χ3v) is 6.48. The molecule has 0 unspecified atom stereocenters. The zero-order valence-electron chi connectivity index (χ0n) is 14.7. The van der Waals surface area contributed by atoms with Gasteiger partial charge in [-0.1, -0.05) is 29.8 Å². The number of benzene rings is 1. The molecule has 1 amide bonds. The van der Waals surface area contributed by atoms with E-state index in [2.05, 4.69) is 31.2 Å². The fraction of sp³-hybridized carbons (Fsp3) is 0.500. The van der Waals surface area contributed by atoms with E-state index in [9.17, 15) is 4.79 Å². The van der Waals surface area contributed by atoms with E-state index in [0.717, 1.165) is 41.3 Å². The summed E-state index contributed by atoms with van der Waals surface area (Å²) < 4.78 is 0. The lowest BCUT2D eigenvalue weighted by Gasteiger charge is -2.34. The second-order valence-corrected chi connectivity index (χ2v) is 8.29. The van der Waals surface area contributed by atoms with Crippen LogP contribution >= 0.6 is 11.3 Å². The van der Waals surface area contributed by atoms with Gasteiger partial charge >= 0.3 is 0 Å². The summed E-state index contributed by atoms with van der Waals surface area (Å²) in [5, 5.41) is 1.13. The molecule has 1 aromatic heterocycles. The summed E-state index contributed by atoms with van der Waals surface area (Å²) in [6.07, 6.45) is 5.61. The number of hydrogen-bond donors (Lipinski definition) is 1. The molecule has 0 bridgehead atoms. The number of aromatic nitrogens is 1. The molecule has 1 saturated carbocycles. The van der Waals surface area contributed by atoms with Crippen LogP contribution in [0.4, 0.5) is 0 Å². The smallest absolute Gasteiger partial charge is 0.274 e. The Balaban J connectivity index is 1.73. The van der Waals surface area contributed by atoms with E-state index in [0.29, 0.717) is 18.2 Å². The fourth-order valence-corrected chi connectivity index (χ4v) is 4.84. The molecule has 4 nitrogen and oxygen atoms in total. The Bertz CT molecular complexity index is 781. The molecule has 0 spiro atoms. The number of aryl methyl sites for hydroxylation is 1. The first-order valence-corrected chi connectivity index (χ1v) is 10.1. The Morgan fingerprint density at radius 2 is 2.16 bits per heavy atom. The van der Waals surface area contributed by atoms with E-state index in [1.807, 2.05) is 4.90 Å². The molecule has 2 aromatic rings. The zero-order valence-corrected chi connectivity index (χ0v) is 15.5. The molecule has 0 radical (unpaired) electrons. The van der Waals surface area contributed by atoms with E-state index in [1.165, 1.54) is 18.4 Å². The Kier molecular flexibility index (Phi) is 4.61. The lowest BCUT2D eigenvalue weighted by molar-refractivity contribution is 0.0618. The normalized spacial score (nSPS) is 20.7. The molecule has 1 aliphatic heterocycles. The summed E-state index contributed by atoms with van der Waals surface area (Å²) in [7, 11) is 0. The molecular formula is C20H25N3OS. The minimum atomic E-state index is 0.0646. The number of nitrogens with two attached hydrogens (primary N) is 1. The van der Waals surface area contributed by atoms with Crippen molar-refractivity contribution in [1.29, 1.82) is 0 Å². The maximum atomic E-state index is 13.3. The molecule has 1 aliphatic carbocycles. The molecular weight excluding hydrogens is 330 g/mol. The highest BCUT2D eigenvalue weighted by Gasteiger charge is 2.34. The predicted octanol–water partition coefficient (Wildman–Crippen LogP) is 3.95. The van der Waals surface area contributed by atoms with Crippen molar-refractivity contribution in [3.63, 3.8) is 0 Å². The molecule has 1 aromatic carbocycles. The van der Waals surface area contributed by atoms with E-state index in [1.54, 1.807) is 11.3 Å². The Hall–Kier alpha value is -1.72. The van der Waals surface area contributed by atoms with Gasteiger partial charge in [0.25, 0.3) is 5.91 Å². The van der Waals surface area contributed by atoms with Crippen molar-refractivity contribution in [2.75, 3.05) is 13.1 Å². The highest BCUT2D eigenvalue weighted by molar-refractivity contribution is 7.15. The lowest BCUT2D eigenvalue weighted by Crippen LogP contribution is -2.47. The van der Waals surface area contributed by atoms with Crippen molar-refractivity contribution in [1.82, 2.24) is 9.88 Å².